The molecule has 0 radical (unpaired) electrons. The highest BCUT2D eigenvalue weighted by Gasteiger charge is 2.20. The summed E-state index contributed by atoms with van der Waals surface area (Å²) in [6.07, 6.45) is 5.91. The van der Waals surface area contributed by atoms with Crippen molar-refractivity contribution in [2.45, 2.75) is 71.3 Å². The Bertz CT molecular complexity index is 266. The Morgan fingerprint density at radius 3 is 2.41 bits per heavy atom. The molecular formula is C14H24O3. The minimum Gasteiger partial charge on any atom is -0.460 e. The maximum atomic E-state index is 11.5. The number of ketones is 1. The molecule has 0 aromatic carbocycles. The third kappa shape index (κ3) is 6.44. The molecular weight excluding hydrogens is 216 g/mol. The van der Waals surface area contributed by atoms with Gasteiger partial charge in [0.05, 0.1) is 0 Å². The first-order valence-corrected chi connectivity index (χ1v) is 6.60. The average molecular weight is 240 g/mol. The summed E-state index contributed by atoms with van der Waals surface area (Å²) in [5.41, 5.74) is -0.381. The standard InChI is InChI=1S/C14H24O3/c1-14(2,3)17-13(16)6-4-5-11-7-9-12(15)10-8-11/h11H,4-10H2,1-3H3. The van der Waals surface area contributed by atoms with E-state index < -0.39 is 0 Å². The summed E-state index contributed by atoms with van der Waals surface area (Å²) in [7, 11) is 0. The van der Waals surface area contributed by atoms with Crippen molar-refractivity contribution < 1.29 is 14.3 Å². The Balaban J connectivity index is 2.11. The molecule has 0 amide bonds. The number of carbonyl (C=O) groups is 2. The fourth-order valence-electron chi connectivity index (χ4n) is 2.22. The molecule has 1 rings (SSSR count). The fourth-order valence-corrected chi connectivity index (χ4v) is 2.22. The number of Topliss-reactive ketones (excluding diaryl/α,β-unsaturated/α-hetero) is 1. The van der Waals surface area contributed by atoms with E-state index in [2.05, 4.69) is 0 Å². The summed E-state index contributed by atoms with van der Waals surface area (Å²) in [4.78, 5) is 22.5. The molecule has 1 aliphatic rings. The second kappa shape index (κ2) is 6.18. The Morgan fingerprint density at radius 1 is 1.29 bits per heavy atom. The second-order valence-corrected chi connectivity index (χ2v) is 5.96. The third-order valence-corrected chi connectivity index (χ3v) is 3.08. The van der Waals surface area contributed by atoms with E-state index in [0.717, 1.165) is 38.5 Å². The quantitative estimate of drug-likeness (QED) is 0.708. The zero-order chi connectivity index (χ0) is 12.9. The predicted octanol–water partition coefficient (Wildman–Crippen LogP) is 3.26. The monoisotopic (exact) mass is 240 g/mol. The highest BCUT2D eigenvalue weighted by atomic mass is 16.6. The van der Waals surface area contributed by atoms with Gasteiger partial charge in [0.2, 0.25) is 0 Å². The Kier molecular flexibility index (Phi) is 5.16. The number of esters is 1. The topological polar surface area (TPSA) is 43.4 Å². The van der Waals surface area contributed by atoms with E-state index in [-0.39, 0.29) is 11.6 Å². The van der Waals surface area contributed by atoms with Gasteiger partial charge in [-0.3, -0.25) is 9.59 Å². The van der Waals surface area contributed by atoms with Crippen molar-refractivity contribution in [2.75, 3.05) is 0 Å². The van der Waals surface area contributed by atoms with Gasteiger partial charge in [0.15, 0.2) is 0 Å². The first kappa shape index (κ1) is 14.2. The van der Waals surface area contributed by atoms with Crippen LogP contribution in [0.2, 0.25) is 0 Å². The lowest BCUT2D eigenvalue weighted by molar-refractivity contribution is -0.155. The van der Waals surface area contributed by atoms with Gasteiger partial charge in [-0.15, -0.1) is 0 Å². The third-order valence-electron chi connectivity index (χ3n) is 3.08. The van der Waals surface area contributed by atoms with Crippen LogP contribution in [-0.2, 0) is 14.3 Å². The number of ether oxygens (including phenoxy) is 1. The number of hydrogen-bond donors (Lipinski definition) is 0. The maximum absolute atomic E-state index is 11.5. The van der Waals surface area contributed by atoms with E-state index in [1.165, 1.54) is 0 Å². The zero-order valence-electron chi connectivity index (χ0n) is 11.3. The van der Waals surface area contributed by atoms with Crippen LogP contribution in [0.15, 0.2) is 0 Å². The molecule has 3 heteroatoms. The average Bonchev–Trinajstić information content (AvgIpc) is 2.18. The highest BCUT2D eigenvalue weighted by Crippen LogP contribution is 2.26. The maximum Gasteiger partial charge on any atom is 0.306 e. The predicted molar refractivity (Wildman–Crippen MR) is 66.7 cm³/mol. The normalized spacial score (nSPS) is 18.2. The molecule has 98 valence electrons. The first-order chi connectivity index (χ1) is 7.87. The Labute approximate surface area is 104 Å². The molecule has 1 saturated carbocycles. The number of carbonyl (C=O) groups excluding carboxylic acids is 2. The van der Waals surface area contributed by atoms with Gasteiger partial charge in [-0.1, -0.05) is 0 Å². The van der Waals surface area contributed by atoms with Gasteiger partial charge >= 0.3 is 5.97 Å². The van der Waals surface area contributed by atoms with Crippen LogP contribution in [0.4, 0.5) is 0 Å². The molecule has 0 aromatic rings. The van der Waals surface area contributed by atoms with Gasteiger partial charge in [-0.2, -0.15) is 0 Å². The molecule has 17 heavy (non-hydrogen) atoms. The van der Waals surface area contributed by atoms with E-state index in [1.54, 1.807) is 0 Å². The largest absolute Gasteiger partial charge is 0.460 e. The number of hydrogen-bond acceptors (Lipinski definition) is 3. The van der Waals surface area contributed by atoms with Gasteiger partial charge in [-0.05, 0) is 52.4 Å². The van der Waals surface area contributed by atoms with Crippen molar-refractivity contribution in [1.29, 1.82) is 0 Å². The minimum absolute atomic E-state index is 0.107. The van der Waals surface area contributed by atoms with Gasteiger partial charge in [0.25, 0.3) is 0 Å². The zero-order valence-corrected chi connectivity index (χ0v) is 11.3. The molecule has 0 saturated heterocycles. The van der Waals surface area contributed by atoms with E-state index >= 15 is 0 Å². The summed E-state index contributed by atoms with van der Waals surface area (Å²) in [6, 6.07) is 0. The van der Waals surface area contributed by atoms with Crippen LogP contribution in [0.3, 0.4) is 0 Å². The molecule has 0 aromatic heterocycles. The molecule has 0 bridgehead atoms. The molecule has 0 spiro atoms. The smallest absolute Gasteiger partial charge is 0.306 e. The van der Waals surface area contributed by atoms with Crippen LogP contribution in [0.1, 0.15) is 65.7 Å². The molecule has 0 unspecified atom stereocenters. The summed E-state index contributed by atoms with van der Waals surface area (Å²) in [5.74, 6) is 0.924. The molecule has 0 atom stereocenters. The van der Waals surface area contributed by atoms with E-state index in [0.29, 0.717) is 18.1 Å². The Hall–Kier alpha value is -0.860. The van der Waals surface area contributed by atoms with Crippen molar-refractivity contribution in [2.24, 2.45) is 5.92 Å². The van der Waals surface area contributed by atoms with Gasteiger partial charge in [0.1, 0.15) is 11.4 Å². The van der Waals surface area contributed by atoms with Crippen LogP contribution in [0, 0.1) is 5.92 Å². The van der Waals surface area contributed by atoms with E-state index in [1.807, 2.05) is 20.8 Å². The van der Waals surface area contributed by atoms with Crippen LogP contribution >= 0.6 is 0 Å². The summed E-state index contributed by atoms with van der Waals surface area (Å²) in [5, 5.41) is 0. The summed E-state index contributed by atoms with van der Waals surface area (Å²) < 4.78 is 5.25. The first-order valence-electron chi connectivity index (χ1n) is 6.60. The summed E-state index contributed by atoms with van der Waals surface area (Å²) >= 11 is 0. The minimum atomic E-state index is -0.381. The van der Waals surface area contributed by atoms with Gasteiger partial charge in [0, 0.05) is 19.3 Å². The molecule has 0 N–H and O–H groups in total. The van der Waals surface area contributed by atoms with Crippen molar-refractivity contribution in [1.82, 2.24) is 0 Å². The Morgan fingerprint density at radius 2 is 1.88 bits per heavy atom. The van der Waals surface area contributed by atoms with Crippen LogP contribution < -0.4 is 0 Å². The van der Waals surface area contributed by atoms with Crippen LogP contribution in [-0.4, -0.2) is 17.4 Å². The van der Waals surface area contributed by atoms with Crippen molar-refractivity contribution in [3.05, 3.63) is 0 Å². The highest BCUT2D eigenvalue weighted by molar-refractivity contribution is 5.79. The molecule has 1 fully saturated rings. The van der Waals surface area contributed by atoms with Crippen molar-refractivity contribution in [3.63, 3.8) is 0 Å². The second-order valence-electron chi connectivity index (χ2n) is 5.96. The van der Waals surface area contributed by atoms with Crippen molar-refractivity contribution in [3.8, 4) is 0 Å². The lowest BCUT2D eigenvalue weighted by atomic mass is 9.85. The van der Waals surface area contributed by atoms with Gasteiger partial charge in [-0.25, -0.2) is 0 Å². The van der Waals surface area contributed by atoms with Crippen LogP contribution in [0.25, 0.3) is 0 Å². The van der Waals surface area contributed by atoms with Crippen LogP contribution in [0.5, 0.6) is 0 Å². The lowest BCUT2D eigenvalue weighted by Gasteiger charge is -2.22. The van der Waals surface area contributed by atoms with E-state index in [4.69, 9.17) is 4.74 Å². The van der Waals surface area contributed by atoms with Gasteiger partial charge < -0.3 is 4.74 Å². The SMILES string of the molecule is CC(C)(C)OC(=O)CCCC1CCC(=O)CC1. The number of rotatable bonds is 4. The summed E-state index contributed by atoms with van der Waals surface area (Å²) in [6.45, 7) is 5.66. The lowest BCUT2D eigenvalue weighted by Crippen LogP contribution is -2.23. The molecule has 3 nitrogen and oxygen atoms in total. The fraction of sp³-hybridized carbons (Fsp3) is 0.857. The molecule has 1 aliphatic carbocycles. The van der Waals surface area contributed by atoms with E-state index in [9.17, 15) is 9.59 Å². The van der Waals surface area contributed by atoms with Crippen molar-refractivity contribution >= 4 is 11.8 Å². The molecule has 0 heterocycles. The molecule has 0 aliphatic heterocycles.